The number of nitrogens with zero attached hydrogens (tertiary/aromatic N) is 5. The highest BCUT2D eigenvalue weighted by molar-refractivity contribution is 9.10. The van der Waals surface area contributed by atoms with Crippen molar-refractivity contribution in [2.75, 3.05) is 58.3 Å². The average Bonchev–Trinajstić information content (AvgIpc) is 1.52. The van der Waals surface area contributed by atoms with Gasteiger partial charge in [-0.25, -0.2) is 0 Å². The Morgan fingerprint density at radius 3 is 0.556 bits per heavy atom. The number of fused-ring (bicyclic) bond motifs is 6. The number of halogens is 2. The molecule has 10 nitrogen and oxygen atoms in total. The van der Waals surface area contributed by atoms with E-state index in [2.05, 4.69) is 500 Å². The van der Waals surface area contributed by atoms with E-state index in [1.165, 1.54) is 83.5 Å². The lowest BCUT2D eigenvalue weighted by molar-refractivity contribution is 0.414. The molecule has 0 saturated carbocycles. The van der Waals surface area contributed by atoms with E-state index < -0.39 is 0 Å². The third-order valence-corrected chi connectivity index (χ3v) is 28.1. The van der Waals surface area contributed by atoms with Crippen molar-refractivity contribution in [1.29, 1.82) is 0 Å². The number of methoxy groups -OCH3 is 4. The fourth-order valence-corrected chi connectivity index (χ4v) is 19.9. The van der Waals surface area contributed by atoms with Crippen molar-refractivity contribution in [3.63, 3.8) is 0 Å². The predicted molar refractivity (Wildman–Crippen MR) is 606 cm³/mol. The molecule has 19 aromatic rings. The topological polar surface area (TPSA) is 65.2 Å². The van der Waals surface area contributed by atoms with Crippen LogP contribution in [0.5, 0.6) is 23.0 Å². The van der Waals surface area contributed by atoms with Crippen LogP contribution in [0, 0.1) is 34.6 Å². The molecular weight excluding hydrogens is 1870 g/mol. The third-order valence-electron chi connectivity index (χ3n) is 27.1. The van der Waals surface area contributed by atoms with Gasteiger partial charge in [-0.15, -0.1) is 0 Å². The molecule has 21 rings (SSSR count). The molecule has 0 fully saturated rings. The molecule has 19 aromatic carbocycles. The summed E-state index contributed by atoms with van der Waals surface area (Å²) in [5, 5.41) is 3.44. The van der Waals surface area contributed by atoms with Crippen molar-refractivity contribution in [2.45, 2.75) is 80.6 Å². The first-order chi connectivity index (χ1) is 68.5. The van der Waals surface area contributed by atoms with Crippen molar-refractivity contribution in [3.05, 3.63) is 496 Å². The summed E-state index contributed by atoms with van der Waals surface area (Å²) in [5.74, 6) is 3.31. The molecule has 0 heterocycles. The summed E-state index contributed by atoms with van der Waals surface area (Å²) in [4.78, 5) is 11.6. The molecule has 0 atom stereocenters. The first kappa shape index (κ1) is 96.4. The second kappa shape index (κ2) is 42.1. The molecule has 2 aliphatic carbocycles. The van der Waals surface area contributed by atoms with Gasteiger partial charge in [0.2, 0.25) is 0 Å². The van der Waals surface area contributed by atoms with Gasteiger partial charge in [-0.2, -0.15) is 0 Å². The highest BCUT2D eigenvalue weighted by Gasteiger charge is 2.38. The standard InChI is InChI=1S/C81H70N4O3.C33H30N2O.C15H12Br2.CH4/c1-55-9-23-62(24-10-55)82(69-37-45-74(86-6)46-38-69)65-29-15-58(16-30-65)60-19-33-67(34-20-60)84(64-27-13-57(3)14-28-64)72-43-51-77-78-52-44-73(54-80(78)81(4,5)79(77)53-72)85(71-41-49-76(88-8)50-42-71)68-35-21-61(22-36-68)59-17-31-66(32-18-59)83(63-25-11-56(2)12-26-63)70-39-47-75(87-7)48-40-70;1-24-4-16-30(17-5-24)35(31-18-6-25(2)7-19-31)32-20-10-27(11-21-32)26-8-12-28(13-9-26)34-29-14-22-33(36-3)23-15-29;1-15(2)13-7-9(16)3-5-11(13)12-6-4-10(17)8-14(12)15;/h9-54H,1-8H3;4-23,34H,1-3H3;3-8H,1-2H3;1H4. The van der Waals surface area contributed by atoms with Gasteiger partial charge < -0.3 is 48.8 Å². The predicted octanol–water partition coefficient (Wildman–Crippen LogP) is 37.5. The van der Waals surface area contributed by atoms with Crippen LogP contribution in [0.2, 0.25) is 0 Å². The third kappa shape index (κ3) is 20.6. The van der Waals surface area contributed by atoms with Gasteiger partial charge in [0.1, 0.15) is 23.0 Å². The fourth-order valence-electron chi connectivity index (χ4n) is 19.2. The lowest BCUT2D eigenvalue weighted by Gasteiger charge is -2.29. The van der Waals surface area contributed by atoms with Crippen LogP contribution in [0.15, 0.2) is 446 Å². The zero-order valence-corrected chi connectivity index (χ0v) is 84.9. The normalized spacial score (nSPS) is 12.0. The molecular formula is C130H116Br2N6O4. The first-order valence-electron chi connectivity index (χ1n) is 47.7. The molecule has 142 heavy (non-hydrogen) atoms. The molecule has 0 bridgehead atoms. The molecule has 704 valence electrons. The van der Waals surface area contributed by atoms with Crippen molar-refractivity contribution < 1.29 is 18.9 Å². The van der Waals surface area contributed by atoms with E-state index in [9.17, 15) is 0 Å². The molecule has 0 aromatic heterocycles. The van der Waals surface area contributed by atoms with E-state index in [1.54, 1.807) is 28.4 Å². The minimum atomic E-state index is -0.321. The van der Waals surface area contributed by atoms with Crippen molar-refractivity contribution in [2.24, 2.45) is 0 Å². The van der Waals surface area contributed by atoms with Crippen LogP contribution in [0.4, 0.5) is 96.7 Å². The van der Waals surface area contributed by atoms with Crippen LogP contribution in [0.25, 0.3) is 55.6 Å². The Morgan fingerprint density at radius 1 is 0.190 bits per heavy atom. The molecule has 12 heteroatoms. The number of hydrogen-bond acceptors (Lipinski definition) is 10. The Hall–Kier alpha value is -15.9. The lowest BCUT2D eigenvalue weighted by Crippen LogP contribution is -2.17. The Labute approximate surface area is 854 Å². The van der Waals surface area contributed by atoms with Crippen LogP contribution in [-0.4, -0.2) is 28.4 Å². The maximum atomic E-state index is 5.65. The molecule has 0 spiro atoms. The fraction of sp³-hybridized carbons (Fsp3) is 0.123. The van der Waals surface area contributed by atoms with Crippen LogP contribution in [-0.2, 0) is 10.8 Å². The summed E-state index contributed by atoms with van der Waals surface area (Å²) in [6, 6.07) is 156. The monoisotopic (exact) mass is 1980 g/mol. The van der Waals surface area contributed by atoms with Gasteiger partial charge >= 0.3 is 0 Å². The highest BCUT2D eigenvalue weighted by atomic mass is 79.9. The van der Waals surface area contributed by atoms with Gasteiger partial charge in [0, 0.05) is 116 Å². The maximum absolute atomic E-state index is 5.65. The van der Waals surface area contributed by atoms with Crippen molar-refractivity contribution in [3.8, 4) is 78.6 Å². The first-order valence-corrected chi connectivity index (χ1v) is 49.3. The lowest BCUT2D eigenvalue weighted by atomic mass is 9.82. The van der Waals surface area contributed by atoms with Gasteiger partial charge in [-0.3, -0.25) is 0 Å². The Morgan fingerprint density at radius 2 is 0.345 bits per heavy atom. The van der Waals surface area contributed by atoms with Crippen molar-refractivity contribution >= 4 is 129 Å². The molecule has 2 aliphatic rings. The number of nitrogens with one attached hydrogen (secondary N) is 1. The summed E-state index contributed by atoms with van der Waals surface area (Å²) in [7, 11) is 6.79. The molecule has 0 radical (unpaired) electrons. The number of ether oxygens (including phenoxy) is 4. The van der Waals surface area contributed by atoms with Gasteiger partial charge in [0.05, 0.1) is 28.4 Å². The summed E-state index contributed by atoms with van der Waals surface area (Å²) in [6.45, 7) is 19.9. The zero-order chi connectivity index (χ0) is 97.6. The Kier molecular flexibility index (Phi) is 28.6. The quantitative estimate of drug-likeness (QED) is 0.0633. The molecule has 0 unspecified atom stereocenters. The minimum absolute atomic E-state index is 0. The second-order valence-corrected chi connectivity index (χ2v) is 39.0. The summed E-state index contributed by atoms with van der Waals surface area (Å²) in [5.41, 5.74) is 41.8. The minimum Gasteiger partial charge on any atom is -0.497 e. The zero-order valence-electron chi connectivity index (χ0n) is 81.7. The summed E-state index contributed by atoms with van der Waals surface area (Å²) in [6.07, 6.45) is 0. The van der Waals surface area contributed by atoms with Gasteiger partial charge in [0.15, 0.2) is 0 Å². The van der Waals surface area contributed by atoms with E-state index in [0.717, 1.165) is 151 Å². The number of benzene rings is 19. The van der Waals surface area contributed by atoms with E-state index in [1.807, 2.05) is 60.7 Å². The average molecular weight is 1990 g/mol. The van der Waals surface area contributed by atoms with Gasteiger partial charge in [-0.1, -0.05) is 253 Å². The number of anilines is 17. The van der Waals surface area contributed by atoms with E-state index in [-0.39, 0.29) is 18.3 Å². The van der Waals surface area contributed by atoms with Crippen molar-refractivity contribution in [1.82, 2.24) is 0 Å². The summed E-state index contributed by atoms with van der Waals surface area (Å²) < 4.78 is 24.2. The largest absolute Gasteiger partial charge is 0.497 e. The van der Waals surface area contributed by atoms with Gasteiger partial charge in [0.25, 0.3) is 0 Å². The number of hydrogen-bond donors (Lipinski definition) is 1. The molecule has 0 amide bonds. The van der Waals surface area contributed by atoms with E-state index in [0.29, 0.717) is 0 Å². The summed E-state index contributed by atoms with van der Waals surface area (Å²) >= 11 is 7.13. The number of aryl methyl sites for hydroxylation is 5. The van der Waals surface area contributed by atoms with Crippen LogP contribution < -0.4 is 48.8 Å². The van der Waals surface area contributed by atoms with Gasteiger partial charge in [-0.05, 0) is 392 Å². The number of rotatable bonds is 24. The SMILES string of the molecule is C.CC1(C)c2cc(Br)ccc2-c2ccc(Br)cc21.COc1ccc(N(c2ccc(C)cc2)c2ccc(-c3ccc(N(c4ccc(C)cc4)c4ccc5c(c4)C(C)(C)c4cc(N(c6ccc(OC)cc6)c6ccc(-c7ccc(N(c8ccc(C)cc8)c8ccc(OC)cc8)cc7)cc6)ccc4-5)cc3)cc2)cc1.COc1ccc(Nc2ccc(-c3ccc(N(c4ccc(C)cc4)c4ccc(C)cc4)cc3)cc2)cc1. The van der Waals surface area contributed by atoms with Crippen LogP contribution >= 0.6 is 31.9 Å². The van der Waals surface area contributed by atoms with E-state index >= 15 is 0 Å². The molecule has 0 aliphatic heterocycles. The van der Waals surface area contributed by atoms with Crippen LogP contribution in [0.1, 0.15) is 85.2 Å². The second-order valence-electron chi connectivity index (χ2n) is 37.2. The smallest absolute Gasteiger partial charge is 0.119 e. The highest BCUT2D eigenvalue weighted by Crippen LogP contribution is 2.55. The molecule has 1 N–H and O–H groups in total. The van der Waals surface area contributed by atoms with Crippen LogP contribution in [0.3, 0.4) is 0 Å². The maximum Gasteiger partial charge on any atom is 0.119 e. The Balaban J connectivity index is 0.000000199. The van der Waals surface area contributed by atoms with E-state index in [4.69, 9.17) is 18.9 Å². The molecule has 0 saturated heterocycles. The Bertz CT molecular complexity index is 7480.